The highest BCUT2D eigenvalue weighted by Crippen LogP contribution is 2.26. The first kappa shape index (κ1) is 17.7. The number of imidazole rings is 1. The summed E-state index contributed by atoms with van der Waals surface area (Å²) in [6.07, 6.45) is 0. The predicted octanol–water partition coefficient (Wildman–Crippen LogP) is 5.46. The van der Waals surface area contributed by atoms with Crippen LogP contribution in [0, 0.1) is 13.8 Å². The summed E-state index contributed by atoms with van der Waals surface area (Å²) in [5.41, 5.74) is 4.82. The van der Waals surface area contributed by atoms with Crippen LogP contribution in [0.5, 0.6) is 0 Å². The van der Waals surface area contributed by atoms with E-state index in [2.05, 4.69) is 10.3 Å². The third kappa shape index (κ3) is 3.45. The Hall–Kier alpha value is -3.66. The molecule has 0 aliphatic carbocycles. The number of benzene rings is 3. The minimum Gasteiger partial charge on any atom is -0.325 e. The van der Waals surface area contributed by atoms with Gasteiger partial charge in [-0.3, -0.25) is 9.36 Å². The van der Waals surface area contributed by atoms with Crippen molar-refractivity contribution >= 4 is 17.4 Å². The summed E-state index contributed by atoms with van der Waals surface area (Å²) in [6, 6.07) is 27.3. The second-order valence-electron chi connectivity index (χ2n) is 6.73. The molecule has 1 heterocycles. The highest BCUT2D eigenvalue weighted by molar-refractivity contribution is 6.09. The number of hydrogen-bond donors (Lipinski definition) is 1. The van der Waals surface area contributed by atoms with E-state index in [0.29, 0.717) is 22.9 Å². The van der Waals surface area contributed by atoms with E-state index in [9.17, 15) is 4.79 Å². The Morgan fingerprint density at radius 1 is 0.821 bits per heavy atom. The van der Waals surface area contributed by atoms with Crippen molar-refractivity contribution in [3.05, 3.63) is 107 Å². The fourth-order valence-electron chi connectivity index (χ4n) is 3.20. The summed E-state index contributed by atoms with van der Waals surface area (Å²) in [5, 5.41) is 3.35. The van der Waals surface area contributed by atoms with Crippen LogP contribution in [0.4, 0.5) is 11.6 Å². The fraction of sp³-hybridized carbons (Fsp3) is 0.0833. The molecule has 138 valence electrons. The summed E-state index contributed by atoms with van der Waals surface area (Å²) >= 11 is 0. The van der Waals surface area contributed by atoms with Crippen molar-refractivity contribution in [1.82, 2.24) is 9.55 Å². The van der Waals surface area contributed by atoms with E-state index in [1.165, 1.54) is 0 Å². The Bertz CT molecular complexity index is 1100. The van der Waals surface area contributed by atoms with E-state index < -0.39 is 0 Å². The van der Waals surface area contributed by atoms with Gasteiger partial charge in [0, 0.05) is 16.9 Å². The van der Waals surface area contributed by atoms with Gasteiger partial charge in [-0.25, -0.2) is 4.98 Å². The maximum atomic E-state index is 13.3. The van der Waals surface area contributed by atoms with Crippen molar-refractivity contribution in [2.45, 2.75) is 13.8 Å². The topological polar surface area (TPSA) is 46.9 Å². The fourth-order valence-corrected chi connectivity index (χ4v) is 3.20. The first-order chi connectivity index (χ1) is 13.6. The minimum atomic E-state index is -0.0463. The molecule has 1 aromatic heterocycles. The van der Waals surface area contributed by atoms with Crippen LogP contribution in [-0.4, -0.2) is 15.3 Å². The second-order valence-corrected chi connectivity index (χ2v) is 6.73. The van der Waals surface area contributed by atoms with Crippen LogP contribution in [0.15, 0.2) is 84.9 Å². The van der Waals surface area contributed by atoms with E-state index in [4.69, 9.17) is 0 Å². The smallest absolute Gasteiger partial charge is 0.212 e. The molecule has 28 heavy (non-hydrogen) atoms. The third-order valence-corrected chi connectivity index (χ3v) is 4.62. The molecule has 4 aromatic rings. The van der Waals surface area contributed by atoms with Gasteiger partial charge >= 0.3 is 0 Å². The van der Waals surface area contributed by atoms with Crippen LogP contribution in [0.3, 0.4) is 0 Å². The normalized spacial score (nSPS) is 10.6. The lowest BCUT2D eigenvalue weighted by Gasteiger charge is -2.13. The second kappa shape index (κ2) is 7.53. The number of ketones is 1. The molecule has 0 aliphatic rings. The number of rotatable bonds is 5. The Balaban J connectivity index is 1.86. The first-order valence-corrected chi connectivity index (χ1v) is 9.21. The molecule has 3 aromatic carbocycles. The molecule has 0 bridgehead atoms. The predicted molar refractivity (Wildman–Crippen MR) is 113 cm³/mol. The van der Waals surface area contributed by atoms with Crippen LogP contribution in [-0.2, 0) is 0 Å². The number of hydrogen-bond acceptors (Lipinski definition) is 3. The van der Waals surface area contributed by atoms with Gasteiger partial charge in [0.2, 0.25) is 11.7 Å². The minimum absolute atomic E-state index is 0.0463. The Labute approximate surface area is 164 Å². The SMILES string of the molecule is Cc1ccc(C(=O)c2c(C)nc(Nc3ccccc3)n2-c2ccccc2)cc1. The van der Waals surface area contributed by atoms with Gasteiger partial charge in [-0.15, -0.1) is 0 Å². The molecule has 4 rings (SSSR count). The molecule has 0 atom stereocenters. The number of para-hydroxylation sites is 2. The number of aromatic nitrogens is 2. The van der Waals surface area contributed by atoms with Crippen molar-refractivity contribution in [2.24, 2.45) is 0 Å². The number of carbonyl (C=O) groups excluding carboxylic acids is 1. The molecule has 0 radical (unpaired) electrons. The standard InChI is InChI=1S/C24H21N3O/c1-17-13-15-19(16-14-17)23(28)22-18(2)25-24(26-20-9-5-3-6-10-20)27(22)21-11-7-4-8-12-21/h3-16H,1-2H3,(H,25,26). The van der Waals surface area contributed by atoms with E-state index in [-0.39, 0.29) is 5.78 Å². The molecule has 0 saturated heterocycles. The Morgan fingerprint density at radius 3 is 2.07 bits per heavy atom. The summed E-state index contributed by atoms with van der Waals surface area (Å²) in [6.45, 7) is 3.88. The molecule has 0 amide bonds. The highest BCUT2D eigenvalue weighted by Gasteiger charge is 2.23. The largest absolute Gasteiger partial charge is 0.325 e. The summed E-state index contributed by atoms with van der Waals surface area (Å²) < 4.78 is 1.89. The monoisotopic (exact) mass is 367 g/mol. The van der Waals surface area contributed by atoms with Crippen LogP contribution >= 0.6 is 0 Å². The number of anilines is 2. The van der Waals surface area contributed by atoms with Crippen molar-refractivity contribution in [1.29, 1.82) is 0 Å². The van der Waals surface area contributed by atoms with Crippen molar-refractivity contribution < 1.29 is 4.79 Å². The zero-order valence-electron chi connectivity index (χ0n) is 15.9. The quantitative estimate of drug-likeness (QED) is 0.476. The van der Waals surface area contributed by atoms with Gasteiger partial charge < -0.3 is 5.32 Å². The molecule has 0 fully saturated rings. The van der Waals surface area contributed by atoms with Gasteiger partial charge in [0.1, 0.15) is 5.69 Å². The molecule has 0 saturated carbocycles. The lowest BCUT2D eigenvalue weighted by atomic mass is 10.1. The van der Waals surface area contributed by atoms with Crippen LogP contribution in [0.25, 0.3) is 5.69 Å². The van der Waals surface area contributed by atoms with Crippen molar-refractivity contribution in [2.75, 3.05) is 5.32 Å². The number of nitrogens with zero attached hydrogens (tertiary/aromatic N) is 2. The average molecular weight is 367 g/mol. The Morgan fingerprint density at radius 2 is 1.43 bits per heavy atom. The molecule has 1 N–H and O–H groups in total. The molecule has 4 nitrogen and oxygen atoms in total. The zero-order valence-corrected chi connectivity index (χ0v) is 15.9. The molecular weight excluding hydrogens is 346 g/mol. The molecule has 0 spiro atoms. The van der Waals surface area contributed by atoms with E-state index in [1.807, 2.05) is 103 Å². The summed E-state index contributed by atoms with van der Waals surface area (Å²) in [5.74, 6) is 0.570. The van der Waals surface area contributed by atoms with E-state index in [1.54, 1.807) is 0 Å². The van der Waals surface area contributed by atoms with Gasteiger partial charge in [-0.2, -0.15) is 0 Å². The lowest BCUT2D eigenvalue weighted by molar-refractivity contribution is 0.103. The molecular formula is C24H21N3O. The molecule has 4 heteroatoms. The molecule has 0 unspecified atom stereocenters. The number of aryl methyl sites for hydroxylation is 2. The van der Waals surface area contributed by atoms with E-state index in [0.717, 1.165) is 16.9 Å². The number of nitrogens with one attached hydrogen (secondary N) is 1. The van der Waals surface area contributed by atoms with Gasteiger partial charge in [0.15, 0.2) is 0 Å². The first-order valence-electron chi connectivity index (χ1n) is 9.21. The van der Waals surface area contributed by atoms with Gasteiger partial charge in [-0.05, 0) is 38.1 Å². The van der Waals surface area contributed by atoms with Gasteiger partial charge in [0.25, 0.3) is 0 Å². The van der Waals surface area contributed by atoms with Crippen LogP contribution < -0.4 is 5.32 Å². The lowest BCUT2D eigenvalue weighted by Crippen LogP contribution is -2.12. The highest BCUT2D eigenvalue weighted by atomic mass is 16.1. The number of carbonyl (C=O) groups is 1. The molecule has 0 aliphatic heterocycles. The average Bonchev–Trinajstić information content (AvgIpc) is 3.05. The van der Waals surface area contributed by atoms with E-state index >= 15 is 0 Å². The maximum Gasteiger partial charge on any atom is 0.212 e. The van der Waals surface area contributed by atoms with Gasteiger partial charge in [-0.1, -0.05) is 66.2 Å². The van der Waals surface area contributed by atoms with Crippen LogP contribution in [0.1, 0.15) is 27.3 Å². The van der Waals surface area contributed by atoms with Crippen molar-refractivity contribution in [3.8, 4) is 5.69 Å². The van der Waals surface area contributed by atoms with Crippen molar-refractivity contribution in [3.63, 3.8) is 0 Å². The summed E-state index contributed by atoms with van der Waals surface area (Å²) in [7, 11) is 0. The van der Waals surface area contributed by atoms with Crippen LogP contribution in [0.2, 0.25) is 0 Å². The van der Waals surface area contributed by atoms with Gasteiger partial charge in [0.05, 0.1) is 5.69 Å². The zero-order chi connectivity index (χ0) is 19.5. The maximum absolute atomic E-state index is 13.3. The Kier molecular flexibility index (Phi) is 4.77. The summed E-state index contributed by atoms with van der Waals surface area (Å²) in [4.78, 5) is 18.0. The third-order valence-electron chi connectivity index (χ3n) is 4.62.